The topological polar surface area (TPSA) is 72.5 Å². The molecule has 16 heavy (non-hydrogen) atoms. The third kappa shape index (κ3) is 2.66. The number of alkyl carbamates (subject to hydrolysis) is 1. The van der Waals surface area contributed by atoms with Crippen LogP contribution in [0.15, 0.2) is 0 Å². The van der Waals surface area contributed by atoms with E-state index in [0.29, 0.717) is 18.7 Å². The highest BCUT2D eigenvalue weighted by atomic mass is 32.2. The molecule has 2 rings (SSSR count). The van der Waals surface area contributed by atoms with Gasteiger partial charge in [0.1, 0.15) is 5.60 Å². The number of sulfone groups is 1. The van der Waals surface area contributed by atoms with Crippen molar-refractivity contribution in [2.45, 2.75) is 31.8 Å². The highest BCUT2D eigenvalue weighted by Gasteiger charge is 2.39. The van der Waals surface area contributed by atoms with Gasteiger partial charge in [-0.05, 0) is 32.1 Å². The Labute approximate surface area is 95.5 Å². The van der Waals surface area contributed by atoms with Crippen molar-refractivity contribution >= 4 is 15.9 Å². The molecule has 0 saturated carbocycles. The molecule has 6 heteroatoms. The van der Waals surface area contributed by atoms with Crippen LogP contribution in [-0.4, -0.2) is 38.2 Å². The normalized spacial score (nSPS) is 37.8. The maximum Gasteiger partial charge on any atom is 0.407 e. The molecule has 0 aromatic heterocycles. The number of ether oxygens (including phenoxy) is 1. The molecular weight excluding hydrogens is 230 g/mol. The zero-order chi connectivity index (χ0) is 11.8. The number of hydrogen-bond donors (Lipinski definition) is 1. The fraction of sp³-hybridized carbons (Fsp3) is 0.900. The van der Waals surface area contributed by atoms with Crippen LogP contribution in [0.3, 0.4) is 0 Å². The first-order valence-corrected chi connectivity index (χ1v) is 7.38. The van der Waals surface area contributed by atoms with Crippen molar-refractivity contribution in [3.63, 3.8) is 0 Å². The quantitative estimate of drug-likeness (QED) is 0.779. The summed E-state index contributed by atoms with van der Waals surface area (Å²) >= 11 is 0. The van der Waals surface area contributed by atoms with E-state index in [-0.39, 0.29) is 11.7 Å². The van der Waals surface area contributed by atoms with Gasteiger partial charge in [-0.25, -0.2) is 13.2 Å². The van der Waals surface area contributed by atoms with Gasteiger partial charge >= 0.3 is 6.09 Å². The second-order valence-electron chi connectivity index (χ2n) is 5.02. The Bertz CT molecular complexity index is 392. The molecule has 5 nitrogen and oxygen atoms in total. The van der Waals surface area contributed by atoms with E-state index in [1.54, 1.807) is 0 Å². The van der Waals surface area contributed by atoms with E-state index in [9.17, 15) is 13.2 Å². The minimum Gasteiger partial charge on any atom is -0.441 e. The van der Waals surface area contributed by atoms with Crippen LogP contribution >= 0.6 is 0 Å². The number of cyclic esters (lactones) is 1. The van der Waals surface area contributed by atoms with E-state index in [0.717, 1.165) is 12.8 Å². The van der Waals surface area contributed by atoms with Gasteiger partial charge in [0.05, 0.1) is 18.1 Å². The molecular formula is C10H17NO4S. The Morgan fingerprint density at radius 3 is 2.88 bits per heavy atom. The average molecular weight is 247 g/mol. The summed E-state index contributed by atoms with van der Waals surface area (Å²) in [5.41, 5.74) is -0.533. The lowest BCUT2D eigenvalue weighted by Crippen LogP contribution is -2.36. The van der Waals surface area contributed by atoms with Gasteiger partial charge in [-0.3, -0.25) is 0 Å². The molecule has 2 saturated heterocycles. The van der Waals surface area contributed by atoms with Gasteiger partial charge in [0, 0.05) is 0 Å². The highest BCUT2D eigenvalue weighted by molar-refractivity contribution is 7.91. The molecule has 2 aliphatic heterocycles. The monoisotopic (exact) mass is 247 g/mol. The van der Waals surface area contributed by atoms with Crippen molar-refractivity contribution in [1.29, 1.82) is 0 Å². The van der Waals surface area contributed by atoms with Crippen molar-refractivity contribution in [3.8, 4) is 0 Å². The van der Waals surface area contributed by atoms with Crippen LogP contribution in [-0.2, 0) is 14.6 Å². The van der Waals surface area contributed by atoms with Crippen molar-refractivity contribution in [2.24, 2.45) is 5.92 Å². The minimum absolute atomic E-state index is 0.122. The summed E-state index contributed by atoms with van der Waals surface area (Å²) in [6, 6.07) is 0. The number of hydrogen-bond acceptors (Lipinski definition) is 4. The third-order valence-electron chi connectivity index (χ3n) is 3.22. The third-order valence-corrected chi connectivity index (χ3v) is 5.11. The van der Waals surface area contributed by atoms with Crippen LogP contribution in [0.5, 0.6) is 0 Å². The molecule has 0 aliphatic carbocycles. The number of nitrogens with one attached hydrogen (secondary N) is 1. The first kappa shape index (κ1) is 11.7. The fourth-order valence-electron chi connectivity index (χ4n) is 2.56. The molecule has 0 bridgehead atoms. The van der Waals surface area contributed by atoms with Crippen molar-refractivity contribution < 1.29 is 17.9 Å². The Morgan fingerprint density at radius 2 is 2.31 bits per heavy atom. The zero-order valence-corrected chi connectivity index (χ0v) is 10.2. The van der Waals surface area contributed by atoms with Gasteiger partial charge in [0.25, 0.3) is 0 Å². The molecule has 0 radical (unpaired) electrons. The molecule has 0 aromatic rings. The first-order valence-electron chi connectivity index (χ1n) is 5.56. The summed E-state index contributed by atoms with van der Waals surface area (Å²) in [6.07, 6.45) is 1.86. The van der Waals surface area contributed by atoms with Gasteiger partial charge in [0.15, 0.2) is 9.84 Å². The Morgan fingerprint density at radius 1 is 1.56 bits per heavy atom. The molecule has 2 unspecified atom stereocenters. The van der Waals surface area contributed by atoms with Crippen LogP contribution in [0.25, 0.3) is 0 Å². The summed E-state index contributed by atoms with van der Waals surface area (Å²) in [7, 11) is -2.87. The Balaban J connectivity index is 1.97. The molecule has 2 aliphatic rings. The largest absolute Gasteiger partial charge is 0.441 e. The highest BCUT2D eigenvalue weighted by Crippen LogP contribution is 2.30. The lowest BCUT2D eigenvalue weighted by molar-refractivity contribution is 0.0520. The predicted molar refractivity (Wildman–Crippen MR) is 58.9 cm³/mol. The summed E-state index contributed by atoms with van der Waals surface area (Å²) in [5.74, 6) is 0.662. The minimum atomic E-state index is -2.87. The van der Waals surface area contributed by atoms with E-state index in [1.807, 2.05) is 6.92 Å². The van der Waals surface area contributed by atoms with Crippen LogP contribution in [0.1, 0.15) is 26.2 Å². The van der Waals surface area contributed by atoms with Crippen LogP contribution in [0, 0.1) is 5.92 Å². The van der Waals surface area contributed by atoms with Gasteiger partial charge in [-0.2, -0.15) is 0 Å². The summed E-state index contributed by atoms with van der Waals surface area (Å²) in [4.78, 5) is 11.0. The molecule has 2 fully saturated rings. The molecule has 2 atom stereocenters. The molecule has 1 amide bonds. The lowest BCUT2D eigenvalue weighted by atomic mass is 9.90. The van der Waals surface area contributed by atoms with Crippen molar-refractivity contribution in [1.82, 2.24) is 5.32 Å². The van der Waals surface area contributed by atoms with E-state index in [4.69, 9.17) is 4.74 Å². The van der Waals surface area contributed by atoms with Gasteiger partial charge in [-0.15, -0.1) is 0 Å². The fourth-order valence-corrected chi connectivity index (χ4v) is 4.33. The van der Waals surface area contributed by atoms with Gasteiger partial charge < -0.3 is 10.1 Å². The number of carbonyl (C=O) groups is 1. The molecule has 2 heterocycles. The number of rotatable bonds is 2. The summed E-state index contributed by atoms with van der Waals surface area (Å²) < 4.78 is 28.1. The van der Waals surface area contributed by atoms with Crippen LogP contribution in [0.2, 0.25) is 0 Å². The molecule has 0 aromatic carbocycles. The lowest BCUT2D eigenvalue weighted by Gasteiger charge is -2.29. The van der Waals surface area contributed by atoms with E-state index in [2.05, 4.69) is 5.32 Å². The average Bonchev–Trinajstić information content (AvgIpc) is 2.43. The van der Waals surface area contributed by atoms with Crippen LogP contribution in [0.4, 0.5) is 4.79 Å². The summed E-state index contributed by atoms with van der Waals surface area (Å²) in [6.45, 7) is 2.33. The van der Waals surface area contributed by atoms with Crippen molar-refractivity contribution in [3.05, 3.63) is 0 Å². The van der Waals surface area contributed by atoms with Crippen molar-refractivity contribution in [2.75, 3.05) is 18.1 Å². The zero-order valence-electron chi connectivity index (χ0n) is 9.36. The molecule has 1 N–H and O–H groups in total. The van der Waals surface area contributed by atoms with Gasteiger partial charge in [0.2, 0.25) is 0 Å². The SMILES string of the molecule is CC1(CC2CCCS(=O)(=O)C2)CNC(=O)O1. The number of carbonyl (C=O) groups excluding carboxylic acids is 1. The maximum atomic E-state index is 11.5. The van der Waals surface area contributed by atoms with Gasteiger partial charge in [-0.1, -0.05) is 0 Å². The predicted octanol–water partition coefficient (Wildman–Crippen LogP) is 0.700. The first-order chi connectivity index (χ1) is 7.39. The standard InChI is InChI=1S/C10H17NO4S/c1-10(7-11-9(12)15-10)5-8-3-2-4-16(13,14)6-8/h8H,2-7H2,1H3,(H,11,12). The Kier molecular flexibility index (Phi) is 2.86. The Hall–Kier alpha value is -0.780. The molecule has 0 spiro atoms. The van der Waals surface area contributed by atoms with Crippen LogP contribution < -0.4 is 5.32 Å². The van der Waals surface area contributed by atoms with E-state index in [1.165, 1.54) is 0 Å². The summed E-state index contributed by atoms with van der Waals surface area (Å²) in [5, 5.41) is 2.61. The second kappa shape index (κ2) is 3.91. The number of amides is 1. The maximum absolute atomic E-state index is 11.5. The van der Waals surface area contributed by atoms with E-state index < -0.39 is 21.5 Å². The second-order valence-corrected chi connectivity index (χ2v) is 7.25. The van der Waals surface area contributed by atoms with E-state index >= 15 is 0 Å². The smallest absolute Gasteiger partial charge is 0.407 e. The molecule has 92 valence electrons.